The summed E-state index contributed by atoms with van der Waals surface area (Å²) in [6, 6.07) is 8.39. The normalized spacial score (nSPS) is 11.3. The van der Waals surface area contributed by atoms with E-state index >= 15 is 0 Å². The fourth-order valence-corrected chi connectivity index (χ4v) is 2.31. The number of hydrogen-bond acceptors (Lipinski definition) is 6. The van der Waals surface area contributed by atoms with Crippen molar-refractivity contribution in [3.8, 4) is 11.7 Å². The molecule has 1 aromatic carbocycles. The molecule has 3 aromatic heterocycles. The third kappa shape index (κ3) is 2.11. The first-order valence-corrected chi connectivity index (χ1v) is 6.74. The van der Waals surface area contributed by atoms with Gasteiger partial charge in [-0.1, -0.05) is 16.8 Å². The van der Waals surface area contributed by atoms with Crippen LogP contribution in [-0.4, -0.2) is 14.7 Å². The summed E-state index contributed by atoms with van der Waals surface area (Å²) in [7, 11) is 0. The highest BCUT2D eigenvalue weighted by atomic mass is 35.5. The number of oxazole rings is 1. The van der Waals surface area contributed by atoms with Crippen molar-refractivity contribution in [2.45, 2.75) is 6.54 Å². The Kier molecular flexibility index (Phi) is 2.87. The van der Waals surface area contributed by atoms with Gasteiger partial charge in [-0.2, -0.15) is 4.98 Å². The molecule has 0 aliphatic carbocycles. The fraction of sp³-hybridized carbons (Fsp3) is 0.0714. The maximum absolute atomic E-state index is 11.9. The van der Waals surface area contributed by atoms with Crippen molar-refractivity contribution >= 4 is 22.7 Å². The SMILES string of the molecule is O=c1oc2cc(Cl)ccc2n1Cc1noc(-c2ccco2)n1. The Morgan fingerprint density at radius 3 is 3.00 bits per heavy atom. The van der Waals surface area contributed by atoms with Gasteiger partial charge < -0.3 is 13.4 Å². The van der Waals surface area contributed by atoms with Crippen molar-refractivity contribution in [2.24, 2.45) is 0 Å². The first kappa shape index (κ1) is 12.9. The molecule has 0 amide bonds. The van der Waals surface area contributed by atoms with Crippen LogP contribution in [0.5, 0.6) is 0 Å². The molecule has 8 heteroatoms. The van der Waals surface area contributed by atoms with Gasteiger partial charge in [-0.05, 0) is 24.3 Å². The highest BCUT2D eigenvalue weighted by molar-refractivity contribution is 6.31. The van der Waals surface area contributed by atoms with Crippen LogP contribution in [0.15, 0.2) is 54.7 Å². The number of nitrogens with zero attached hydrogens (tertiary/aromatic N) is 3. The molecular weight excluding hydrogens is 310 g/mol. The molecule has 0 unspecified atom stereocenters. The number of fused-ring (bicyclic) bond motifs is 1. The smallest absolute Gasteiger partial charge is 0.420 e. The van der Waals surface area contributed by atoms with E-state index in [2.05, 4.69) is 10.1 Å². The number of rotatable bonds is 3. The van der Waals surface area contributed by atoms with Gasteiger partial charge in [0, 0.05) is 11.1 Å². The molecule has 4 aromatic rings. The van der Waals surface area contributed by atoms with E-state index in [4.69, 9.17) is 25.0 Å². The van der Waals surface area contributed by atoms with Crippen LogP contribution in [0, 0.1) is 0 Å². The molecule has 0 saturated heterocycles. The minimum atomic E-state index is -0.512. The highest BCUT2D eigenvalue weighted by Gasteiger charge is 2.15. The van der Waals surface area contributed by atoms with Crippen molar-refractivity contribution in [2.75, 3.05) is 0 Å². The van der Waals surface area contributed by atoms with Crippen molar-refractivity contribution < 1.29 is 13.4 Å². The van der Waals surface area contributed by atoms with E-state index in [1.165, 1.54) is 10.8 Å². The molecule has 110 valence electrons. The van der Waals surface area contributed by atoms with Crippen molar-refractivity contribution in [3.05, 3.63) is 58.0 Å². The summed E-state index contributed by atoms with van der Waals surface area (Å²) in [4.78, 5) is 16.1. The lowest BCUT2D eigenvalue weighted by Gasteiger charge is -1.97. The van der Waals surface area contributed by atoms with Gasteiger partial charge in [0.1, 0.15) is 0 Å². The van der Waals surface area contributed by atoms with E-state index < -0.39 is 5.76 Å². The Hall–Kier alpha value is -2.80. The Balaban J connectivity index is 1.72. The molecule has 3 heterocycles. The molecule has 4 rings (SSSR count). The van der Waals surface area contributed by atoms with Crippen LogP contribution in [-0.2, 0) is 6.54 Å². The van der Waals surface area contributed by atoms with Gasteiger partial charge in [-0.25, -0.2) is 4.79 Å². The van der Waals surface area contributed by atoms with E-state index in [1.54, 1.807) is 30.3 Å². The zero-order valence-electron chi connectivity index (χ0n) is 11.0. The molecule has 0 aliphatic rings. The number of hydrogen-bond donors (Lipinski definition) is 0. The summed E-state index contributed by atoms with van der Waals surface area (Å²) < 4.78 is 16.8. The third-order valence-electron chi connectivity index (χ3n) is 3.13. The van der Waals surface area contributed by atoms with E-state index in [1.807, 2.05) is 0 Å². The average Bonchev–Trinajstić information content (AvgIpc) is 3.20. The maximum atomic E-state index is 11.9. The van der Waals surface area contributed by atoms with E-state index in [-0.39, 0.29) is 12.4 Å². The standard InChI is InChI=1S/C14H8ClN3O4/c15-8-3-4-9-11(6-8)21-14(19)18(9)7-12-16-13(22-17-12)10-2-1-5-20-10/h1-6H,7H2. The lowest BCUT2D eigenvalue weighted by atomic mass is 10.3. The van der Waals surface area contributed by atoms with Gasteiger partial charge in [-0.15, -0.1) is 0 Å². The van der Waals surface area contributed by atoms with Crippen LogP contribution >= 0.6 is 11.6 Å². The summed E-state index contributed by atoms with van der Waals surface area (Å²) in [5.41, 5.74) is 1.02. The second-order valence-electron chi connectivity index (χ2n) is 4.56. The topological polar surface area (TPSA) is 87.2 Å². The first-order valence-electron chi connectivity index (χ1n) is 6.36. The molecule has 0 bridgehead atoms. The largest absolute Gasteiger partial charge is 0.459 e. The van der Waals surface area contributed by atoms with Crippen LogP contribution in [0.25, 0.3) is 22.8 Å². The van der Waals surface area contributed by atoms with E-state index in [9.17, 15) is 4.79 Å². The minimum absolute atomic E-state index is 0.123. The van der Waals surface area contributed by atoms with Gasteiger partial charge in [0.2, 0.25) is 0 Å². The predicted octanol–water partition coefficient (Wildman–Crippen LogP) is 2.94. The van der Waals surface area contributed by atoms with E-state index in [0.717, 1.165) is 0 Å². The van der Waals surface area contributed by atoms with Gasteiger partial charge >= 0.3 is 5.76 Å². The van der Waals surface area contributed by atoms with Crippen LogP contribution in [0.2, 0.25) is 5.02 Å². The molecule has 0 spiro atoms. The highest BCUT2D eigenvalue weighted by Crippen LogP contribution is 2.20. The molecule has 0 atom stereocenters. The number of aromatic nitrogens is 3. The molecule has 7 nitrogen and oxygen atoms in total. The zero-order chi connectivity index (χ0) is 15.1. The van der Waals surface area contributed by atoms with Gasteiger partial charge in [0.05, 0.1) is 18.3 Å². The summed E-state index contributed by atoms with van der Waals surface area (Å²) in [5.74, 6) is 0.548. The van der Waals surface area contributed by atoms with Gasteiger partial charge in [-0.3, -0.25) is 4.57 Å². The predicted molar refractivity (Wildman–Crippen MR) is 76.6 cm³/mol. The van der Waals surface area contributed by atoms with Crippen molar-refractivity contribution in [3.63, 3.8) is 0 Å². The summed E-state index contributed by atoms with van der Waals surface area (Å²) in [6.45, 7) is 0.123. The second-order valence-corrected chi connectivity index (χ2v) is 5.00. The molecular formula is C14H8ClN3O4. The molecule has 22 heavy (non-hydrogen) atoms. The Bertz CT molecular complexity index is 997. The average molecular weight is 318 g/mol. The van der Waals surface area contributed by atoms with Crippen LogP contribution in [0.3, 0.4) is 0 Å². The Labute approximate surface area is 127 Å². The molecule has 0 fully saturated rings. The Morgan fingerprint density at radius 1 is 1.27 bits per heavy atom. The maximum Gasteiger partial charge on any atom is 0.420 e. The minimum Gasteiger partial charge on any atom is -0.459 e. The molecule has 0 aliphatic heterocycles. The van der Waals surface area contributed by atoms with E-state index in [0.29, 0.717) is 27.7 Å². The van der Waals surface area contributed by atoms with Crippen molar-refractivity contribution in [1.29, 1.82) is 0 Å². The van der Waals surface area contributed by atoms with Crippen LogP contribution in [0.4, 0.5) is 0 Å². The molecule has 0 radical (unpaired) electrons. The summed E-state index contributed by atoms with van der Waals surface area (Å²) in [6.07, 6.45) is 1.51. The number of benzene rings is 1. The lowest BCUT2D eigenvalue weighted by molar-refractivity contribution is 0.406. The van der Waals surface area contributed by atoms with Gasteiger partial charge in [0.15, 0.2) is 17.2 Å². The first-order chi connectivity index (χ1) is 10.7. The second kappa shape index (κ2) is 4.88. The quantitative estimate of drug-likeness (QED) is 0.577. The summed E-state index contributed by atoms with van der Waals surface area (Å²) in [5, 5.41) is 4.33. The number of halogens is 1. The van der Waals surface area contributed by atoms with Crippen LogP contribution < -0.4 is 5.76 Å². The Morgan fingerprint density at radius 2 is 2.18 bits per heavy atom. The summed E-state index contributed by atoms with van der Waals surface area (Å²) >= 11 is 5.88. The fourth-order valence-electron chi connectivity index (χ4n) is 2.15. The van der Waals surface area contributed by atoms with Crippen molar-refractivity contribution in [1.82, 2.24) is 14.7 Å². The van der Waals surface area contributed by atoms with Gasteiger partial charge in [0.25, 0.3) is 5.89 Å². The molecule has 0 saturated carbocycles. The monoisotopic (exact) mass is 317 g/mol. The third-order valence-corrected chi connectivity index (χ3v) is 3.36. The number of furan rings is 1. The molecule has 0 N–H and O–H groups in total. The lowest BCUT2D eigenvalue weighted by Crippen LogP contribution is -2.15. The van der Waals surface area contributed by atoms with Crippen LogP contribution in [0.1, 0.15) is 5.82 Å². The zero-order valence-corrected chi connectivity index (χ0v) is 11.8.